The van der Waals surface area contributed by atoms with Crippen LogP contribution in [0.1, 0.15) is 47.9 Å². The molecule has 0 bridgehead atoms. The van der Waals surface area contributed by atoms with Gasteiger partial charge in [0.2, 0.25) is 0 Å². The zero-order valence-corrected chi connectivity index (χ0v) is 19.3. The van der Waals surface area contributed by atoms with E-state index in [1.165, 1.54) is 22.3 Å². The molecule has 3 aromatic carbocycles. The average molecular weight is 468 g/mol. The molecule has 1 aliphatic rings. The molecule has 0 fully saturated rings. The molecule has 6 nitrogen and oxygen atoms in total. The number of carbonyl (C=O) groups excluding carboxylic acids is 3. The van der Waals surface area contributed by atoms with Crippen molar-refractivity contribution in [3.05, 3.63) is 112 Å². The van der Waals surface area contributed by atoms with Gasteiger partial charge in [-0.1, -0.05) is 54.6 Å². The molecule has 0 saturated heterocycles. The summed E-state index contributed by atoms with van der Waals surface area (Å²) in [5.41, 5.74) is 4.75. The van der Waals surface area contributed by atoms with Crippen LogP contribution in [0.5, 0.6) is 0 Å². The number of rotatable bonds is 6. The van der Waals surface area contributed by atoms with E-state index in [0.717, 1.165) is 27.4 Å². The molecule has 1 aliphatic heterocycles. The Bertz CT molecular complexity index is 1410. The fraction of sp³-hybridized carbons (Fsp3) is 0.111. The van der Waals surface area contributed by atoms with E-state index in [1.807, 2.05) is 66.9 Å². The lowest BCUT2D eigenvalue weighted by Gasteiger charge is -2.13. The van der Waals surface area contributed by atoms with Crippen molar-refractivity contribution < 1.29 is 14.4 Å². The lowest BCUT2D eigenvalue weighted by Crippen LogP contribution is -2.29. The molecular weight excluding hydrogens is 446 g/mol. The van der Waals surface area contributed by atoms with Crippen LogP contribution in [0.15, 0.2) is 78.2 Å². The predicted octanol–water partition coefficient (Wildman–Crippen LogP) is 4.84. The number of nitrogens with one attached hydrogen (secondary N) is 1. The molecule has 1 N–H and O–H groups in total. The molecule has 4 aromatic rings. The number of nitrogens with zero attached hydrogens (tertiary/aromatic N) is 2. The number of fused-ring (bicyclic) bond motifs is 1. The fourth-order valence-corrected chi connectivity index (χ4v) is 4.85. The van der Waals surface area contributed by atoms with Crippen molar-refractivity contribution in [1.29, 1.82) is 0 Å². The topological polar surface area (TPSA) is 79.4 Å². The van der Waals surface area contributed by atoms with Crippen molar-refractivity contribution in [2.75, 3.05) is 0 Å². The number of hydrogen-bond donors (Lipinski definition) is 1. The van der Waals surface area contributed by atoms with Crippen LogP contribution in [0, 0.1) is 6.92 Å². The molecule has 3 amide bonds. The van der Waals surface area contributed by atoms with Gasteiger partial charge in [0, 0.05) is 16.5 Å². The third kappa shape index (κ3) is 4.13. The third-order valence-electron chi connectivity index (χ3n) is 5.77. The highest BCUT2D eigenvalue weighted by Crippen LogP contribution is 2.27. The minimum Gasteiger partial charge on any atom is -0.346 e. The lowest BCUT2D eigenvalue weighted by molar-refractivity contribution is 0.0642. The first-order chi connectivity index (χ1) is 16.5. The number of benzene rings is 3. The molecule has 0 unspecified atom stereocenters. The van der Waals surface area contributed by atoms with Gasteiger partial charge in [-0.15, -0.1) is 11.3 Å². The molecular formula is C27H21N3O3S. The van der Waals surface area contributed by atoms with Crippen LogP contribution in [-0.2, 0) is 13.1 Å². The van der Waals surface area contributed by atoms with E-state index in [0.29, 0.717) is 11.1 Å². The summed E-state index contributed by atoms with van der Waals surface area (Å²) in [6, 6.07) is 22.0. The third-order valence-corrected chi connectivity index (χ3v) is 6.70. The van der Waals surface area contributed by atoms with Crippen LogP contribution in [0.2, 0.25) is 0 Å². The van der Waals surface area contributed by atoms with E-state index in [2.05, 4.69) is 10.3 Å². The summed E-state index contributed by atoms with van der Waals surface area (Å²) in [6.45, 7) is 2.51. The van der Waals surface area contributed by atoms with E-state index < -0.39 is 0 Å². The summed E-state index contributed by atoms with van der Waals surface area (Å²) in [7, 11) is 0. The van der Waals surface area contributed by atoms with Crippen molar-refractivity contribution >= 4 is 29.1 Å². The minimum absolute atomic E-state index is 0.196. The maximum absolute atomic E-state index is 12.9. The Morgan fingerprint density at radius 2 is 1.65 bits per heavy atom. The summed E-state index contributed by atoms with van der Waals surface area (Å²) in [6.07, 6.45) is 0. The Hall–Kier alpha value is -4.10. The van der Waals surface area contributed by atoms with Gasteiger partial charge in [0.05, 0.1) is 29.9 Å². The standard InChI is InChI=1S/C27H21N3O3S/c1-17-7-5-6-10-21(17)25-29-20(16-34-25)14-28-24(31)19-11-12-22-23(13-19)27(33)30(26(22)32)15-18-8-3-2-4-9-18/h2-13,16H,14-15H2,1H3,(H,28,31). The summed E-state index contributed by atoms with van der Waals surface area (Å²) in [4.78, 5) is 44.3. The quantitative estimate of drug-likeness (QED) is 0.412. The van der Waals surface area contributed by atoms with Gasteiger partial charge in [0.15, 0.2) is 0 Å². The number of carbonyl (C=O) groups is 3. The van der Waals surface area contributed by atoms with E-state index in [-0.39, 0.29) is 36.4 Å². The van der Waals surface area contributed by atoms with E-state index in [1.54, 1.807) is 12.1 Å². The van der Waals surface area contributed by atoms with Crippen LogP contribution < -0.4 is 5.32 Å². The SMILES string of the molecule is Cc1ccccc1-c1nc(CNC(=O)c2ccc3c(c2)C(=O)N(Cc2ccccc2)C3=O)cs1. The second-order valence-corrected chi connectivity index (χ2v) is 8.94. The Balaban J connectivity index is 1.28. The molecule has 2 heterocycles. The van der Waals surface area contributed by atoms with Crippen LogP contribution in [-0.4, -0.2) is 27.6 Å². The molecule has 0 saturated carbocycles. The maximum atomic E-state index is 12.9. The first-order valence-electron chi connectivity index (χ1n) is 10.8. The van der Waals surface area contributed by atoms with Gasteiger partial charge in [-0.3, -0.25) is 19.3 Å². The molecule has 0 atom stereocenters. The average Bonchev–Trinajstić information content (AvgIpc) is 3.42. The summed E-state index contributed by atoms with van der Waals surface area (Å²) >= 11 is 1.53. The van der Waals surface area contributed by atoms with Gasteiger partial charge >= 0.3 is 0 Å². The van der Waals surface area contributed by atoms with Crippen LogP contribution >= 0.6 is 11.3 Å². The Morgan fingerprint density at radius 1 is 0.912 bits per heavy atom. The van der Waals surface area contributed by atoms with Crippen molar-refractivity contribution in [3.8, 4) is 10.6 Å². The van der Waals surface area contributed by atoms with Gasteiger partial charge in [-0.05, 0) is 36.2 Å². The first-order valence-corrected chi connectivity index (χ1v) is 11.7. The largest absolute Gasteiger partial charge is 0.346 e. The molecule has 34 heavy (non-hydrogen) atoms. The van der Waals surface area contributed by atoms with Crippen molar-refractivity contribution in [1.82, 2.24) is 15.2 Å². The molecule has 0 spiro atoms. The molecule has 0 radical (unpaired) electrons. The highest BCUT2D eigenvalue weighted by Gasteiger charge is 2.36. The van der Waals surface area contributed by atoms with Gasteiger partial charge in [-0.2, -0.15) is 0 Å². The van der Waals surface area contributed by atoms with E-state index in [4.69, 9.17) is 0 Å². The van der Waals surface area contributed by atoms with Gasteiger partial charge < -0.3 is 5.32 Å². The zero-order chi connectivity index (χ0) is 23.7. The lowest BCUT2D eigenvalue weighted by atomic mass is 10.1. The number of thiazole rings is 1. The minimum atomic E-state index is -0.388. The van der Waals surface area contributed by atoms with Crippen molar-refractivity contribution in [2.45, 2.75) is 20.0 Å². The molecule has 168 valence electrons. The predicted molar refractivity (Wildman–Crippen MR) is 131 cm³/mol. The van der Waals surface area contributed by atoms with Gasteiger partial charge in [0.25, 0.3) is 17.7 Å². The summed E-state index contributed by atoms with van der Waals surface area (Å²) in [5.74, 6) is -1.06. The number of imide groups is 1. The van der Waals surface area contributed by atoms with Crippen LogP contribution in [0.4, 0.5) is 0 Å². The number of aryl methyl sites for hydroxylation is 1. The van der Waals surface area contributed by atoms with Gasteiger partial charge in [0.1, 0.15) is 5.01 Å². The normalized spacial score (nSPS) is 12.7. The molecule has 1 aromatic heterocycles. The van der Waals surface area contributed by atoms with Crippen LogP contribution in [0.25, 0.3) is 10.6 Å². The number of aromatic nitrogens is 1. The Morgan fingerprint density at radius 3 is 2.44 bits per heavy atom. The number of hydrogen-bond acceptors (Lipinski definition) is 5. The Labute approximate surface area is 200 Å². The molecule has 5 rings (SSSR count). The zero-order valence-electron chi connectivity index (χ0n) is 18.4. The molecule has 0 aliphatic carbocycles. The van der Waals surface area contributed by atoms with E-state index >= 15 is 0 Å². The van der Waals surface area contributed by atoms with Crippen LogP contribution in [0.3, 0.4) is 0 Å². The maximum Gasteiger partial charge on any atom is 0.261 e. The van der Waals surface area contributed by atoms with Crippen molar-refractivity contribution in [3.63, 3.8) is 0 Å². The fourth-order valence-electron chi connectivity index (χ4n) is 3.94. The number of amides is 3. The monoisotopic (exact) mass is 467 g/mol. The first kappa shape index (κ1) is 21.7. The second-order valence-electron chi connectivity index (χ2n) is 8.08. The molecule has 7 heteroatoms. The summed E-state index contributed by atoms with van der Waals surface area (Å²) < 4.78 is 0. The van der Waals surface area contributed by atoms with E-state index in [9.17, 15) is 14.4 Å². The van der Waals surface area contributed by atoms with Gasteiger partial charge in [-0.25, -0.2) is 4.98 Å². The van der Waals surface area contributed by atoms with Crippen molar-refractivity contribution in [2.24, 2.45) is 0 Å². The highest BCUT2D eigenvalue weighted by atomic mass is 32.1. The Kier molecular flexibility index (Phi) is 5.77. The smallest absolute Gasteiger partial charge is 0.261 e. The highest BCUT2D eigenvalue weighted by molar-refractivity contribution is 7.13. The summed E-state index contributed by atoms with van der Waals surface area (Å²) in [5, 5.41) is 5.69. The second kappa shape index (κ2) is 9.03.